The summed E-state index contributed by atoms with van der Waals surface area (Å²) in [5.74, 6) is -1.01. The van der Waals surface area contributed by atoms with E-state index in [0.717, 1.165) is 24.9 Å². The summed E-state index contributed by atoms with van der Waals surface area (Å²) in [4.78, 5) is 21.7. The largest absolute Gasteiger partial charge is 0.480 e. The van der Waals surface area contributed by atoms with Crippen LogP contribution in [0.5, 0.6) is 0 Å². The standard InChI is InChI=1S/C12H15NO3.C5H9NO2/c14-10-6-11(13-7-10)12(15)16-8-9-4-2-1-3-5-9;7-5(8)4-2-1-3-6-4/h1-5,10-11,13-14H,6-8H2;4,6H,1-3H2,(H,7,8)/t10-,11+;4-/m10/s1. The van der Waals surface area contributed by atoms with Crippen LogP contribution in [0.25, 0.3) is 0 Å². The molecular weight excluding hydrogens is 312 g/mol. The second-order valence-electron chi connectivity index (χ2n) is 5.93. The molecule has 4 N–H and O–H groups in total. The predicted molar refractivity (Wildman–Crippen MR) is 87.3 cm³/mol. The summed E-state index contributed by atoms with van der Waals surface area (Å²) in [6.45, 7) is 1.61. The number of ether oxygens (including phenoxy) is 1. The average molecular weight is 336 g/mol. The smallest absolute Gasteiger partial charge is 0.323 e. The molecule has 0 aliphatic carbocycles. The van der Waals surface area contributed by atoms with Crippen molar-refractivity contribution in [2.24, 2.45) is 0 Å². The van der Waals surface area contributed by atoms with Crippen LogP contribution in [-0.2, 0) is 20.9 Å². The van der Waals surface area contributed by atoms with Crippen molar-refractivity contribution in [3.63, 3.8) is 0 Å². The van der Waals surface area contributed by atoms with Gasteiger partial charge in [0, 0.05) is 13.0 Å². The first kappa shape index (κ1) is 18.4. The summed E-state index contributed by atoms with van der Waals surface area (Å²) in [6, 6.07) is 8.91. The maximum absolute atomic E-state index is 11.6. The SMILES string of the molecule is O=C(O)[C@@H]1CCCN1.O=C(OCc1ccccc1)[C@@H]1C[C@@H](O)CN1. The Morgan fingerprint density at radius 1 is 1.17 bits per heavy atom. The van der Waals surface area contributed by atoms with Gasteiger partial charge in [-0.1, -0.05) is 30.3 Å². The molecular formula is C17H24N2O5. The molecule has 24 heavy (non-hydrogen) atoms. The third-order valence-electron chi connectivity index (χ3n) is 3.97. The van der Waals surface area contributed by atoms with Crippen molar-refractivity contribution in [2.75, 3.05) is 13.1 Å². The van der Waals surface area contributed by atoms with Gasteiger partial charge >= 0.3 is 11.9 Å². The van der Waals surface area contributed by atoms with E-state index in [1.165, 1.54) is 0 Å². The number of carboxylic acid groups (broad SMARTS) is 1. The first-order chi connectivity index (χ1) is 11.6. The van der Waals surface area contributed by atoms with Gasteiger partial charge in [-0.15, -0.1) is 0 Å². The Kier molecular flexibility index (Phi) is 7.17. The van der Waals surface area contributed by atoms with Gasteiger partial charge in [-0.2, -0.15) is 0 Å². The first-order valence-corrected chi connectivity index (χ1v) is 8.14. The number of nitrogens with one attached hydrogen (secondary N) is 2. The van der Waals surface area contributed by atoms with Crippen LogP contribution < -0.4 is 10.6 Å². The molecule has 3 atom stereocenters. The van der Waals surface area contributed by atoms with E-state index in [9.17, 15) is 14.7 Å². The number of carboxylic acids is 1. The van der Waals surface area contributed by atoms with E-state index in [-0.39, 0.29) is 24.7 Å². The van der Waals surface area contributed by atoms with E-state index >= 15 is 0 Å². The predicted octanol–water partition coefficient (Wildman–Crippen LogP) is 0.276. The molecule has 7 nitrogen and oxygen atoms in total. The van der Waals surface area contributed by atoms with Gasteiger partial charge in [-0.25, -0.2) is 0 Å². The van der Waals surface area contributed by atoms with Gasteiger partial charge in [-0.3, -0.25) is 9.59 Å². The van der Waals surface area contributed by atoms with Crippen molar-refractivity contribution in [1.29, 1.82) is 0 Å². The van der Waals surface area contributed by atoms with Crippen LogP contribution in [0.1, 0.15) is 24.8 Å². The normalized spacial score (nSPS) is 25.6. The van der Waals surface area contributed by atoms with Crippen LogP contribution in [0.4, 0.5) is 0 Å². The fourth-order valence-corrected chi connectivity index (χ4v) is 2.62. The molecule has 7 heteroatoms. The monoisotopic (exact) mass is 336 g/mol. The summed E-state index contributed by atoms with van der Waals surface area (Å²) in [5.41, 5.74) is 0.967. The van der Waals surface area contributed by atoms with Crippen LogP contribution >= 0.6 is 0 Å². The highest BCUT2D eigenvalue weighted by Crippen LogP contribution is 2.09. The second-order valence-corrected chi connectivity index (χ2v) is 5.93. The van der Waals surface area contributed by atoms with Crippen LogP contribution in [0.15, 0.2) is 30.3 Å². The maximum atomic E-state index is 11.6. The van der Waals surface area contributed by atoms with E-state index in [4.69, 9.17) is 9.84 Å². The van der Waals surface area contributed by atoms with Crippen LogP contribution in [0.3, 0.4) is 0 Å². The quantitative estimate of drug-likeness (QED) is 0.585. The second kappa shape index (κ2) is 9.36. The molecule has 0 spiro atoms. The lowest BCUT2D eigenvalue weighted by Gasteiger charge is -2.10. The molecule has 2 heterocycles. The van der Waals surface area contributed by atoms with Gasteiger partial charge in [0.15, 0.2) is 0 Å². The summed E-state index contributed by atoms with van der Waals surface area (Å²) in [6.07, 6.45) is 1.79. The molecule has 0 saturated carbocycles. The highest BCUT2D eigenvalue weighted by molar-refractivity contribution is 5.76. The molecule has 1 aromatic carbocycles. The number of aliphatic hydroxyl groups is 1. The molecule has 0 radical (unpaired) electrons. The number of carbonyl (C=O) groups excluding carboxylic acids is 1. The van der Waals surface area contributed by atoms with E-state index in [1.54, 1.807) is 0 Å². The minimum Gasteiger partial charge on any atom is -0.480 e. The molecule has 3 rings (SSSR count). The highest BCUT2D eigenvalue weighted by atomic mass is 16.5. The van der Waals surface area contributed by atoms with E-state index in [1.807, 2.05) is 30.3 Å². The number of β-amino-alcohol motifs (C(OH)–C–C–N with tert-alkyl or cyclic N) is 1. The van der Waals surface area contributed by atoms with Gasteiger partial charge in [0.25, 0.3) is 0 Å². The first-order valence-electron chi connectivity index (χ1n) is 8.14. The fraction of sp³-hybridized carbons (Fsp3) is 0.529. The van der Waals surface area contributed by atoms with Crippen molar-refractivity contribution in [3.8, 4) is 0 Å². The lowest BCUT2D eigenvalue weighted by Crippen LogP contribution is -2.32. The van der Waals surface area contributed by atoms with Gasteiger partial charge in [0.1, 0.15) is 18.7 Å². The topological polar surface area (TPSA) is 108 Å². The summed E-state index contributed by atoms with van der Waals surface area (Å²) in [5, 5.41) is 23.4. The molecule has 2 fully saturated rings. The Morgan fingerprint density at radius 3 is 2.42 bits per heavy atom. The van der Waals surface area contributed by atoms with Crippen molar-refractivity contribution in [1.82, 2.24) is 10.6 Å². The zero-order chi connectivity index (χ0) is 17.4. The third-order valence-corrected chi connectivity index (χ3v) is 3.97. The molecule has 0 bridgehead atoms. The molecule has 0 amide bonds. The van der Waals surface area contributed by atoms with E-state index < -0.39 is 12.1 Å². The number of hydrogen-bond donors (Lipinski definition) is 4. The van der Waals surface area contributed by atoms with Crippen molar-refractivity contribution in [3.05, 3.63) is 35.9 Å². The van der Waals surface area contributed by atoms with Crippen LogP contribution in [0, 0.1) is 0 Å². The Morgan fingerprint density at radius 2 is 1.92 bits per heavy atom. The van der Waals surface area contributed by atoms with E-state index in [2.05, 4.69) is 10.6 Å². The summed E-state index contributed by atoms with van der Waals surface area (Å²) in [7, 11) is 0. The fourth-order valence-electron chi connectivity index (χ4n) is 2.62. The average Bonchev–Trinajstić information content (AvgIpc) is 3.26. The van der Waals surface area contributed by atoms with Crippen LogP contribution in [-0.4, -0.2) is 53.4 Å². The minimum absolute atomic E-state index is 0.269. The number of aliphatic hydroxyl groups excluding tert-OH is 1. The van der Waals surface area contributed by atoms with Gasteiger partial charge in [0.2, 0.25) is 0 Å². The number of esters is 1. The minimum atomic E-state index is -0.720. The molecule has 132 valence electrons. The third kappa shape index (κ3) is 5.92. The van der Waals surface area contributed by atoms with Crippen molar-refractivity contribution < 1.29 is 24.5 Å². The maximum Gasteiger partial charge on any atom is 0.323 e. The number of benzene rings is 1. The molecule has 0 unspecified atom stereocenters. The molecule has 2 aliphatic heterocycles. The Hall–Kier alpha value is -1.96. The van der Waals surface area contributed by atoms with Gasteiger partial charge in [-0.05, 0) is 24.9 Å². The van der Waals surface area contributed by atoms with Crippen molar-refractivity contribution in [2.45, 2.75) is 44.1 Å². The van der Waals surface area contributed by atoms with E-state index in [0.29, 0.717) is 13.0 Å². The zero-order valence-electron chi connectivity index (χ0n) is 13.5. The lowest BCUT2D eigenvalue weighted by molar-refractivity contribution is -0.147. The summed E-state index contributed by atoms with van der Waals surface area (Å²) >= 11 is 0. The summed E-state index contributed by atoms with van der Waals surface area (Å²) < 4.78 is 5.15. The number of aliphatic carboxylic acids is 1. The number of rotatable bonds is 4. The molecule has 1 aromatic rings. The van der Waals surface area contributed by atoms with Crippen LogP contribution in [0.2, 0.25) is 0 Å². The van der Waals surface area contributed by atoms with Gasteiger partial charge in [0.05, 0.1) is 6.10 Å². The Bertz CT molecular complexity index is 531. The lowest BCUT2D eigenvalue weighted by atomic mass is 10.2. The Labute approximate surface area is 141 Å². The van der Waals surface area contributed by atoms with Crippen molar-refractivity contribution >= 4 is 11.9 Å². The molecule has 2 saturated heterocycles. The number of hydrogen-bond acceptors (Lipinski definition) is 6. The molecule has 2 aliphatic rings. The number of carbonyl (C=O) groups is 2. The highest BCUT2D eigenvalue weighted by Gasteiger charge is 2.29. The zero-order valence-corrected chi connectivity index (χ0v) is 13.5. The Balaban J connectivity index is 0.000000219. The molecule has 0 aromatic heterocycles. The van der Waals surface area contributed by atoms with Gasteiger partial charge < -0.3 is 25.6 Å².